The maximum Gasteiger partial charge on any atom is 0.141 e. The van der Waals surface area contributed by atoms with Gasteiger partial charge in [-0.1, -0.05) is 43.7 Å². The zero-order chi connectivity index (χ0) is 15.6. The molecule has 2 aliphatic rings. The van der Waals surface area contributed by atoms with Crippen LogP contribution in [0.1, 0.15) is 68.4 Å². The lowest BCUT2D eigenvalue weighted by Crippen LogP contribution is -2.17. The lowest BCUT2D eigenvalue weighted by molar-refractivity contribution is 0.250. The van der Waals surface area contributed by atoms with Crippen LogP contribution in [0.3, 0.4) is 0 Å². The summed E-state index contributed by atoms with van der Waals surface area (Å²) in [5, 5.41) is 1.32. The zero-order valence-corrected chi connectivity index (χ0v) is 14.2. The molecule has 1 saturated carbocycles. The molecular weight excluding hydrogens is 282 g/mol. The number of nitrogens with zero attached hydrogens (tertiary/aromatic N) is 1. The number of benzene rings is 1. The molecule has 0 bridgehead atoms. The zero-order valence-electron chi connectivity index (χ0n) is 14.2. The van der Waals surface area contributed by atoms with E-state index in [9.17, 15) is 0 Å². The molecule has 1 fully saturated rings. The maximum atomic E-state index is 5.93. The minimum Gasteiger partial charge on any atom is -0.492 e. The fourth-order valence-corrected chi connectivity index (χ4v) is 4.50. The van der Waals surface area contributed by atoms with Gasteiger partial charge in [0.2, 0.25) is 0 Å². The average Bonchev–Trinajstić information content (AvgIpc) is 2.60. The van der Waals surface area contributed by atoms with E-state index >= 15 is 0 Å². The molecule has 1 unspecified atom stereocenters. The molecule has 0 saturated heterocycles. The first-order valence-corrected chi connectivity index (χ1v) is 9.33. The van der Waals surface area contributed by atoms with Gasteiger partial charge in [0.1, 0.15) is 5.75 Å². The van der Waals surface area contributed by atoms with Crippen molar-refractivity contribution < 1.29 is 4.74 Å². The van der Waals surface area contributed by atoms with E-state index in [0.29, 0.717) is 5.92 Å². The predicted molar refractivity (Wildman–Crippen MR) is 95.1 cm³/mol. The SMILES string of the molecule is Cc1ccc2ncc3c(c2c1)C(CCC1CCCCC1)CCO3. The Morgan fingerprint density at radius 3 is 2.83 bits per heavy atom. The highest BCUT2D eigenvalue weighted by Crippen LogP contribution is 2.42. The number of hydrogen-bond acceptors (Lipinski definition) is 2. The van der Waals surface area contributed by atoms with Crippen LogP contribution in [0.5, 0.6) is 5.75 Å². The van der Waals surface area contributed by atoms with E-state index in [0.717, 1.165) is 30.2 Å². The third kappa shape index (κ3) is 3.08. The van der Waals surface area contributed by atoms with Gasteiger partial charge < -0.3 is 4.74 Å². The molecule has 23 heavy (non-hydrogen) atoms. The average molecular weight is 309 g/mol. The summed E-state index contributed by atoms with van der Waals surface area (Å²) < 4.78 is 5.93. The molecule has 0 N–H and O–H groups in total. The highest BCUT2D eigenvalue weighted by molar-refractivity contribution is 5.85. The molecule has 0 radical (unpaired) electrons. The van der Waals surface area contributed by atoms with Crippen molar-refractivity contribution in [1.29, 1.82) is 0 Å². The summed E-state index contributed by atoms with van der Waals surface area (Å²) in [6, 6.07) is 6.60. The maximum absolute atomic E-state index is 5.93. The van der Waals surface area contributed by atoms with Gasteiger partial charge in [-0.25, -0.2) is 0 Å². The second-order valence-corrected chi connectivity index (χ2v) is 7.47. The summed E-state index contributed by atoms with van der Waals surface area (Å²) in [6.45, 7) is 3.01. The first-order chi connectivity index (χ1) is 11.3. The largest absolute Gasteiger partial charge is 0.492 e. The Morgan fingerprint density at radius 1 is 1.09 bits per heavy atom. The first kappa shape index (κ1) is 15.0. The fraction of sp³-hybridized carbons (Fsp3) is 0.571. The Bertz CT molecular complexity index is 688. The summed E-state index contributed by atoms with van der Waals surface area (Å²) in [5.74, 6) is 2.64. The van der Waals surface area contributed by atoms with Gasteiger partial charge in [0, 0.05) is 10.9 Å². The molecule has 4 rings (SSSR count). The van der Waals surface area contributed by atoms with Crippen LogP contribution in [0, 0.1) is 12.8 Å². The van der Waals surface area contributed by atoms with Crippen molar-refractivity contribution in [2.24, 2.45) is 5.92 Å². The van der Waals surface area contributed by atoms with Gasteiger partial charge in [-0.2, -0.15) is 0 Å². The topological polar surface area (TPSA) is 22.1 Å². The van der Waals surface area contributed by atoms with Gasteiger partial charge in [0.25, 0.3) is 0 Å². The number of aromatic nitrogens is 1. The van der Waals surface area contributed by atoms with E-state index in [-0.39, 0.29) is 0 Å². The second kappa shape index (κ2) is 6.51. The highest BCUT2D eigenvalue weighted by atomic mass is 16.5. The van der Waals surface area contributed by atoms with Gasteiger partial charge >= 0.3 is 0 Å². The van der Waals surface area contributed by atoms with E-state index in [1.165, 1.54) is 61.5 Å². The van der Waals surface area contributed by atoms with Gasteiger partial charge in [0.15, 0.2) is 0 Å². The summed E-state index contributed by atoms with van der Waals surface area (Å²) in [6.07, 6.45) is 13.0. The number of rotatable bonds is 3. The van der Waals surface area contributed by atoms with Crippen molar-refractivity contribution in [2.45, 2.75) is 64.2 Å². The van der Waals surface area contributed by atoms with Crippen LogP contribution in [0.2, 0.25) is 0 Å². The third-order valence-corrected chi connectivity index (χ3v) is 5.81. The molecule has 1 aromatic heterocycles. The molecule has 1 aliphatic carbocycles. The number of aryl methyl sites for hydroxylation is 1. The predicted octanol–water partition coefficient (Wildman–Crippen LogP) is 5.77. The van der Waals surface area contributed by atoms with E-state index in [1.807, 2.05) is 6.20 Å². The van der Waals surface area contributed by atoms with E-state index in [1.54, 1.807) is 0 Å². The molecule has 2 nitrogen and oxygen atoms in total. The van der Waals surface area contributed by atoms with Crippen LogP contribution in [0.25, 0.3) is 10.9 Å². The monoisotopic (exact) mass is 309 g/mol. The molecule has 2 heteroatoms. The standard InChI is InChI=1S/C21H27NO/c1-15-7-10-19-18(13-15)21-17(11-12-23-20(21)14-22-19)9-8-16-5-3-2-4-6-16/h7,10,13-14,16-17H,2-6,8-9,11-12H2,1H3. The molecule has 2 heterocycles. The molecule has 0 amide bonds. The molecular formula is C21H27NO. The normalized spacial score (nSPS) is 21.9. The van der Waals surface area contributed by atoms with Crippen LogP contribution < -0.4 is 4.74 Å². The Hall–Kier alpha value is -1.57. The van der Waals surface area contributed by atoms with Crippen LogP contribution in [0.15, 0.2) is 24.4 Å². The molecule has 1 aliphatic heterocycles. The van der Waals surface area contributed by atoms with Crippen molar-refractivity contribution in [2.75, 3.05) is 6.61 Å². The molecule has 1 atom stereocenters. The Morgan fingerprint density at radius 2 is 1.96 bits per heavy atom. The molecule has 0 spiro atoms. The van der Waals surface area contributed by atoms with Crippen LogP contribution in [-0.2, 0) is 0 Å². The minimum absolute atomic E-state index is 0.646. The van der Waals surface area contributed by atoms with E-state index < -0.39 is 0 Å². The summed E-state index contributed by atoms with van der Waals surface area (Å²) >= 11 is 0. The number of pyridine rings is 1. The smallest absolute Gasteiger partial charge is 0.141 e. The fourth-order valence-electron chi connectivity index (χ4n) is 4.50. The Labute approximate surface area is 139 Å². The van der Waals surface area contributed by atoms with Crippen molar-refractivity contribution in [3.05, 3.63) is 35.5 Å². The van der Waals surface area contributed by atoms with Crippen molar-refractivity contribution in [1.82, 2.24) is 4.98 Å². The van der Waals surface area contributed by atoms with E-state index in [4.69, 9.17) is 4.74 Å². The lowest BCUT2D eigenvalue weighted by atomic mass is 9.80. The van der Waals surface area contributed by atoms with Crippen molar-refractivity contribution in [3.63, 3.8) is 0 Å². The number of ether oxygens (including phenoxy) is 1. The van der Waals surface area contributed by atoms with Crippen molar-refractivity contribution >= 4 is 10.9 Å². The Kier molecular flexibility index (Phi) is 4.24. The quantitative estimate of drug-likeness (QED) is 0.718. The van der Waals surface area contributed by atoms with Gasteiger partial charge in [0.05, 0.1) is 18.3 Å². The van der Waals surface area contributed by atoms with Crippen LogP contribution >= 0.6 is 0 Å². The Balaban J connectivity index is 1.62. The number of hydrogen-bond donors (Lipinski definition) is 0. The molecule has 1 aromatic carbocycles. The first-order valence-electron chi connectivity index (χ1n) is 9.33. The molecule has 2 aromatic rings. The summed E-state index contributed by atoms with van der Waals surface area (Å²) in [4.78, 5) is 4.60. The molecule has 122 valence electrons. The third-order valence-electron chi connectivity index (χ3n) is 5.81. The number of fused-ring (bicyclic) bond motifs is 3. The van der Waals surface area contributed by atoms with Crippen LogP contribution in [-0.4, -0.2) is 11.6 Å². The highest BCUT2D eigenvalue weighted by Gasteiger charge is 2.25. The van der Waals surface area contributed by atoms with Crippen molar-refractivity contribution in [3.8, 4) is 5.75 Å². The summed E-state index contributed by atoms with van der Waals surface area (Å²) in [7, 11) is 0. The lowest BCUT2D eigenvalue weighted by Gasteiger charge is -2.29. The minimum atomic E-state index is 0.646. The van der Waals surface area contributed by atoms with Crippen LogP contribution in [0.4, 0.5) is 0 Å². The van der Waals surface area contributed by atoms with Gasteiger partial charge in [-0.3, -0.25) is 4.98 Å². The van der Waals surface area contributed by atoms with Gasteiger partial charge in [-0.05, 0) is 50.2 Å². The summed E-state index contributed by atoms with van der Waals surface area (Å²) in [5.41, 5.74) is 3.85. The second-order valence-electron chi connectivity index (χ2n) is 7.47. The van der Waals surface area contributed by atoms with Gasteiger partial charge in [-0.15, -0.1) is 0 Å². The van der Waals surface area contributed by atoms with E-state index in [2.05, 4.69) is 30.1 Å².